The third kappa shape index (κ3) is 9.21. The standard InChI is InChI=1S/C31H47FOSi/c1-3-5-7-8-10-22-34-23-20-29(21-24-34)27-14-12-26(13-15-27)28-16-18-31(19-17-28)33-25-30(32)11-9-6-4-2/h12-19,29-30,34H,3-11,20-25H2,1-2H3. The molecule has 1 atom stereocenters. The number of alkyl halides is 1. The lowest BCUT2D eigenvalue weighted by Gasteiger charge is -2.28. The molecule has 1 aliphatic heterocycles. The summed E-state index contributed by atoms with van der Waals surface area (Å²) in [7, 11) is -0.459. The smallest absolute Gasteiger partial charge is 0.134 e. The van der Waals surface area contributed by atoms with E-state index in [-0.39, 0.29) is 6.61 Å². The molecule has 0 amide bonds. The third-order valence-electron chi connectivity index (χ3n) is 7.68. The third-order valence-corrected chi connectivity index (χ3v) is 11.2. The van der Waals surface area contributed by atoms with Crippen LogP contribution in [-0.4, -0.2) is 21.6 Å². The van der Waals surface area contributed by atoms with Crippen molar-refractivity contribution in [3.63, 3.8) is 0 Å². The molecule has 3 heteroatoms. The number of halogens is 1. The highest BCUT2D eigenvalue weighted by molar-refractivity contribution is 6.59. The lowest BCUT2D eigenvalue weighted by atomic mass is 9.92. The largest absolute Gasteiger partial charge is 0.491 e. The minimum Gasteiger partial charge on any atom is -0.491 e. The second-order valence-corrected chi connectivity index (χ2v) is 13.9. The lowest BCUT2D eigenvalue weighted by Crippen LogP contribution is -2.20. The zero-order chi connectivity index (χ0) is 24.0. The van der Waals surface area contributed by atoms with Crippen LogP contribution in [0.3, 0.4) is 0 Å². The minimum absolute atomic E-state index is 0.154. The van der Waals surface area contributed by atoms with E-state index in [1.807, 2.05) is 12.1 Å². The van der Waals surface area contributed by atoms with Gasteiger partial charge in [0.05, 0.1) is 0 Å². The van der Waals surface area contributed by atoms with Crippen molar-refractivity contribution in [1.82, 2.24) is 0 Å². The summed E-state index contributed by atoms with van der Waals surface area (Å²) in [5.41, 5.74) is 3.96. The predicted molar refractivity (Wildman–Crippen MR) is 149 cm³/mol. The van der Waals surface area contributed by atoms with Crippen LogP contribution in [0.15, 0.2) is 48.5 Å². The molecule has 2 aromatic rings. The Balaban J connectivity index is 1.41. The van der Waals surface area contributed by atoms with Gasteiger partial charge in [-0.05, 0) is 54.0 Å². The Kier molecular flexibility index (Phi) is 12.2. The zero-order valence-electron chi connectivity index (χ0n) is 21.7. The van der Waals surface area contributed by atoms with E-state index in [2.05, 4.69) is 50.2 Å². The molecule has 0 saturated carbocycles. The zero-order valence-corrected chi connectivity index (χ0v) is 22.9. The first-order valence-electron chi connectivity index (χ1n) is 14.2. The summed E-state index contributed by atoms with van der Waals surface area (Å²) in [6.07, 6.45) is 12.9. The molecule has 3 rings (SSSR count). The minimum atomic E-state index is -0.873. The molecule has 0 N–H and O–H groups in total. The highest BCUT2D eigenvalue weighted by Gasteiger charge is 2.23. The first-order valence-corrected chi connectivity index (χ1v) is 16.6. The lowest BCUT2D eigenvalue weighted by molar-refractivity contribution is 0.184. The maximum atomic E-state index is 13.9. The molecule has 188 valence electrons. The van der Waals surface area contributed by atoms with E-state index >= 15 is 0 Å². The van der Waals surface area contributed by atoms with Crippen molar-refractivity contribution >= 4 is 8.80 Å². The van der Waals surface area contributed by atoms with Crippen LogP contribution >= 0.6 is 0 Å². The van der Waals surface area contributed by atoms with Crippen molar-refractivity contribution in [2.75, 3.05) is 6.61 Å². The van der Waals surface area contributed by atoms with Gasteiger partial charge in [-0.15, -0.1) is 0 Å². The number of hydrogen-bond acceptors (Lipinski definition) is 1. The second-order valence-electron chi connectivity index (χ2n) is 10.5. The highest BCUT2D eigenvalue weighted by Crippen LogP contribution is 2.36. The number of hydrogen-bond donors (Lipinski definition) is 0. The molecule has 1 unspecified atom stereocenters. The van der Waals surface area contributed by atoms with Crippen molar-refractivity contribution in [3.8, 4) is 16.9 Å². The van der Waals surface area contributed by atoms with Crippen molar-refractivity contribution in [2.24, 2.45) is 0 Å². The van der Waals surface area contributed by atoms with Gasteiger partial charge in [0, 0.05) is 8.80 Å². The molecule has 1 heterocycles. The van der Waals surface area contributed by atoms with Crippen LogP contribution < -0.4 is 4.74 Å². The fourth-order valence-corrected chi connectivity index (χ4v) is 8.88. The summed E-state index contributed by atoms with van der Waals surface area (Å²) in [6, 6.07) is 22.0. The average molecular weight is 483 g/mol. The van der Waals surface area contributed by atoms with Crippen LogP contribution in [0.1, 0.15) is 96.0 Å². The Morgan fingerprint density at radius 3 is 2.03 bits per heavy atom. The normalized spacial score (nSPS) is 19.1. The quantitative estimate of drug-likeness (QED) is 0.181. The van der Waals surface area contributed by atoms with Crippen LogP contribution in [0, 0.1) is 0 Å². The van der Waals surface area contributed by atoms with E-state index < -0.39 is 15.0 Å². The molecular formula is C31H47FOSi. The predicted octanol–water partition coefficient (Wildman–Crippen LogP) is 9.73. The molecule has 0 aromatic heterocycles. The van der Waals surface area contributed by atoms with Crippen LogP contribution in [-0.2, 0) is 0 Å². The molecule has 1 aliphatic rings. The fraction of sp³-hybridized carbons (Fsp3) is 0.613. The van der Waals surface area contributed by atoms with Crippen molar-refractivity contribution < 1.29 is 9.13 Å². The van der Waals surface area contributed by atoms with Crippen molar-refractivity contribution in [2.45, 2.75) is 115 Å². The van der Waals surface area contributed by atoms with Crippen LogP contribution in [0.2, 0.25) is 18.1 Å². The van der Waals surface area contributed by atoms with Gasteiger partial charge in [0.1, 0.15) is 18.5 Å². The van der Waals surface area contributed by atoms with Gasteiger partial charge in [-0.2, -0.15) is 0 Å². The first-order chi connectivity index (χ1) is 16.7. The van der Waals surface area contributed by atoms with Gasteiger partial charge in [-0.3, -0.25) is 0 Å². The summed E-state index contributed by atoms with van der Waals surface area (Å²) in [5.74, 6) is 1.52. The Morgan fingerprint density at radius 2 is 1.38 bits per heavy atom. The maximum absolute atomic E-state index is 13.9. The molecule has 0 bridgehead atoms. The van der Waals surface area contributed by atoms with Gasteiger partial charge in [-0.25, -0.2) is 4.39 Å². The van der Waals surface area contributed by atoms with Gasteiger partial charge in [-0.1, -0.05) is 120 Å². The summed E-state index contributed by atoms with van der Waals surface area (Å²) in [4.78, 5) is 0. The molecule has 1 fully saturated rings. The highest BCUT2D eigenvalue weighted by atomic mass is 28.3. The summed E-state index contributed by atoms with van der Waals surface area (Å²) < 4.78 is 19.6. The number of unbranched alkanes of at least 4 members (excludes halogenated alkanes) is 6. The van der Waals surface area contributed by atoms with Gasteiger partial charge in [0.2, 0.25) is 0 Å². The van der Waals surface area contributed by atoms with E-state index in [0.29, 0.717) is 6.42 Å². The fourth-order valence-electron chi connectivity index (χ4n) is 5.40. The van der Waals surface area contributed by atoms with Crippen molar-refractivity contribution in [1.29, 1.82) is 0 Å². The van der Waals surface area contributed by atoms with E-state index in [1.54, 1.807) is 18.1 Å². The monoisotopic (exact) mass is 482 g/mol. The first kappa shape index (κ1) is 27.0. The van der Waals surface area contributed by atoms with Crippen LogP contribution in [0.4, 0.5) is 4.39 Å². The Hall–Kier alpha value is -1.61. The van der Waals surface area contributed by atoms with E-state index in [4.69, 9.17) is 4.74 Å². The maximum Gasteiger partial charge on any atom is 0.134 e. The molecule has 1 nitrogen and oxygen atoms in total. The van der Waals surface area contributed by atoms with E-state index in [1.165, 1.54) is 61.6 Å². The van der Waals surface area contributed by atoms with Gasteiger partial charge in [0.15, 0.2) is 0 Å². The van der Waals surface area contributed by atoms with Gasteiger partial charge >= 0.3 is 0 Å². The average Bonchev–Trinajstić information content (AvgIpc) is 2.88. The topological polar surface area (TPSA) is 9.23 Å². The number of ether oxygens (including phenoxy) is 1. The summed E-state index contributed by atoms with van der Waals surface area (Å²) in [5, 5.41) is 0. The van der Waals surface area contributed by atoms with Gasteiger partial charge < -0.3 is 4.74 Å². The van der Waals surface area contributed by atoms with E-state index in [9.17, 15) is 4.39 Å². The summed E-state index contributed by atoms with van der Waals surface area (Å²) in [6.45, 7) is 4.60. The number of rotatable bonds is 15. The molecule has 0 aliphatic carbocycles. The number of benzene rings is 2. The van der Waals surface area contributed by atoms with Crippen LogP contribution in [0.25, 0.3) is 11.1 Å². The van der Waals surface area contributed by atoms with Gasteiger partial charge in [0.25, 0.3) is 0 Å². The SMILES string of the molecule is CCCCCCC[SiH]1CCC(c2ccc(-c3ccc(OCC(F)CCCCC)cc3)cc2)CC1. The van der Waals surface area contributed by atoms with Crippen molar-refractivity contribution in [3.05, 3.63) is 54.1 Å². The molecule has 0 radical (unpaired) electrons. The summed E-state index contributed by atoms with van der Waals surface area (Å²) >= 11 is 0. The molecular weight excluding hydrogens is 435 g/mol. The Bertz CT molecular complexity index is 780. The van der Waals surface area contributed by atoms with E-state index in [0.717, 1.165) is 30.9 Å². The molecule has 34 heavy (non-hydrogen) atoms. The Labute approximate surface area is 210 Å². The molecule has 1 saturated heterocycles. The molecule has 2 aromatic carbocycles. The second kappa shape index (κ2) is 15.4. The Morgan fingerprint density at radius 1 is 0.794 bits per heavy atom. The van der Waals surface area contributed by atoms with Crippen LogP contribution in [0.5, 0.6) is 5.75 Å². The molecule has 0 spiro atoms.